The largest absolute Gasteiger partial charge is 0.394 e. The molecule has 1 aromatic carbocycles. The van der Waals surface area contributed by atoms with Crippen molar-refractivity contribution in [3.05, 3.63) is 41.6 Å². The molecule has 4 heteroatoms. The van der Waals surface area contributed by atoms with Crippen LogP contribution >= 0.6 is 0 Å². The highest BCUT2D eigenvalue weighted by atomic mass is 16.4. The topological polar surface area (TPSA) is 73.6 Å². The summed E-state index contributed by atoms with van der Waals surface area (Å²) in [5.41, 5.74) is 2.35. The van der Waals surface area contributed by atoms with E-state index in [2.05, 4.69) is 4.98 Å². The lowest BCUT2D eigenvalue weighted by molar-refractivity contribution is -0.0152. The predicted octanol–water partition coefficient (Wildman–Crippen LogP) is 0.930. The SMILES string of the molecule is Cc1ccc2cc(C(O)C(O)CO)ccc2n1. The second kappa shape index (κ2) is 4.79. The van der Waals surface area contributed by atoms with Crippen LogP contribution < -0.4 is 0 Å². The van der Waals surface area contributed by atoms with E-state index >= 15 is 0 Å². The first-order valence-corrected chi connectivity index (χ1v) is 5.46. The minimum Gasteiger partial charge on any atom is -0.394 e. The number of rotatable bonds is 3. The number of hydrogen-bond acceptors (Lipinski definition) is 4. The Kier molecular flexibility index (Phi) is 3.38. The molecule has 0 aliphatic heterocycles. The summed E-state index contributed by atoms with van der Waals surface area (Å²) in [4.78, 5) is 4.35. The van der Waals surface area contributed by atoms with Crippen LogP contribution in [0.15, 0.2) is 30.3 Å². The molecular weight excluding hydrogens is 218 g/mol. The summed E-state index contributed by atoms with van der Waals surface area (Å²) >= 11 is 0. The fraction of sp³-hybridized carbons (Fsp3) is 0.308. The van der Waals surface area contributed by atoms with Crippen molar-refractivity contribution in [3.63, 3.8) is 0 Å². The third-order valence-corrected chi connectivity index (χ3v) is 2.75. The van der Waals surface area contributed by atoms with E-state index in [4.69, 9.17) is 5.11 Å². The normalized spacial score (nSPS) is 14.8. The van der Waals surface area contributed by atoms with Crippen LogP contribution in [0.3, 0.4) is 0 Å². The molecule has 2 unspecified atom stereocenters. The Hall–Kier alpha value is -1.49. The molecule has 90 valence electrons. The van der Waals surface area contributed by atoms with Crippen molar-refractivity contribution >= 4 is 10.9 Å². The molecule has 0 saturated heterocycles. The van der Waals surface area contributed by atoms with E-state index in [-0.39, 0.29) is 0 Å². The van der Waals surface area contributed by atoms with Gasteiger partial charge in [-0.2, -0.15) is 0 Å². The van der Waals surface area contributed by atoms with Gasteiger partial charge in [0.1, 0.15) is 12.2 Å². The van der Waals surface area contributed by atoms with Gasteiger partial charge in [-0.05, 0) is 30.7 Å². The number of hydrogen-bond donors (Lipinski definition) is 3. The molecule has 4 nitrogen and oxygen atoms in total. The molecule has 1 aromatic heterocycles. The molecule has 2 rings (SSSR count). The first-order chi connectivity index (χ1) is 8.11. The van der Waals surface area contributed by atoms with Gasteiger partial charge in [-0.1, -0.05) is 12.1 Å². The minimum atomic E-state index is -1.16. The third-order valence-electron chi connectivity index (χ3n) is 2.75. The first-order valence-electron chi connectivity index (χ1n) is 5.46. The number of nitrogens with zero attached hydrogens (tertiary/aromatic N) is 1. The molecule has 0 spiro atoms. The van der Waals surface area contributed by atoms with Crippen molar-refractivity contribution in [2.24, 2.45) is 0 Å². The highest BCUT2D eigenvalue weighted by molar-refractivity contribution is 5.79. The van der Waals surface area contributed by atoms with E-state index < -0.39 is 18.8 Å². The maximum atomic E-state index is 9.77. The van der Waals surface area contributed by atoms with E-state index in [1.807, 2.05) is 19.1 Å². The van der Waals surface area contributed by atoms with Gasteiger partial charge in [0, 0.05) is 11.1 Å². The van der Waals surface area contributed by atoms with E-state index in [1.54, 1.807) is 18.2 Å². The zero-order valence-electron chi connectivity index (χ0n) is 9.54. The Bertz CT molecular complexity index is 527. The Labute approximate surface area is 99.2 Å². The fourth-order valence-corrected chi connectivity index (χ4v) is 1.75. The Balaban J connectivity index is 2.41. The van der Waals surface area contributed by atoms with Crippen molar-refractivity contribution in [1.29, 1.82) is 0 Å². The van der Waals surface area contributed by atoms with E-state index in [0.29, 0.717) is 5.56 Å². The van der Waals surface area contributed by atoms with Gasteiger partial charge in [-0.25, -0.2) is 0 Å². The first kappa shape index (κ1) is 12.0. The van der Waals surface area contributed by atoms with Gasteiger partial charge in [-0.3, -0.25) is 4.98 Å². The van der Waals surface area contributed by atoms with E-state index in [0.717, 1.165) is 16.6 Å². The molecule has 3 N–H and O–H groups in total. The lowest BCUT2D eigenvalue weighted by Gasteiger charge is -2.16. The molecule has 0 fully saturated rings. The maximum absolute atomic E-state index is 9.77. The second-order valence-corrected chi connectivity index (χ2v) is 4.10. The minimum absolute atomic E-state index is 0.467. The standard InChI is InChI=1S/C13H15NO3/c1-8-2-3-9-6-10(4-5-11(9)14-8)13(17)12(16)7-15/h2-6,12-13,15-17H,7H2,1H3. The Morgan fingerprint density at radius 2 is 1.94 bits per heavy atom. The highest BCUT2D eigenvalue weighted by Crippen LogP contribution is 2.21. The summed E-state index contributed by atoms with van der Waals surface area (Å²) in [6.45, 7) is 1.45. The number of aliphatic hydroxyl groups is 3. The zero-order chi connectivity index (χ0) is 12.4. The molecule has 2 atom stereocenters. The number of aryl methyl sites for hydroxylation is 1. The van der Waals surface area contributed by atoms with Crippen LogP contribution in [0, 0.1) is 6.92 Å². The van der Waals surface area contributed by atoms with Crippen molar-refractivity contribution in [2.45, 2.75) is 19.1 Å². The van der Waals surface area contributed by atoms with Crippen molar-refractivity contribution in [1.82, 2.24) is 4.98 Å². The van der Waals surface area contributed by atoms with Gasteiger partial charge in [0.2, 0.25) is 0 Å². The molecule has 0 aliphatic rings. The summed E-state index contributed by atoms with van der Waals surface area (Å²) in [7, 11) is 0. The van der Waals surface area contributed by atoms with E-state index in [9.17, 15) is 10.2 Å². The Morgan fingerprint density at radius 3 is 2.65 bits per heavy atom. The molecule has 0 aliphatic carbocycles. The van der Waals surface area contributed by atoms with Crippen LogP contribution in [0.5, 0.6) is 0 Å². The predicted molar refractivity (Wildman–Crippen MR) is 64.5 cm³/mol. The smallest absolute Gasteiger partial charge is 0.107 e. The molecule has 17 heavy (non-hydrogen) atoms. The average molecular weight is 233 g/mol. The maximum Gasteiger partial charge on any atom is 0.107 e. The van der Waals surface area contributed by atoms with Gasteiger partial charge >= 0.3 is 0 Å². The molecule has 0 saturated carbocycles. The Morgan fingerprint density at radius 1 is 1.18 bits per heavy atom. The van der Waals surface area contributed by atoms with Gasteiger partial charge in [0.05, 0.1) is 12.1 Å². The summed E-state index contributed by atoms with van der Waals surface area (Å²) in [5, 5.41) is 28.8. The van der Waals surface area contributed by atoms with Crippen LogP contribution in [-0.2, 0) is 0 Å². The van der Waals surface area contributed by atoms with Gasteiger partial charge in [-0.15, -0.1) is 0 Å². The summed E-state index contributed by atoms with van der Waals surface area (Å²) in [6.07, 6.45) is -2.24. The molecule has 0 radical (unpaired) electrons. The lowest BCUT2D eigenvalue weighted by atomic mass is 10.0. The number of fused-ring (bicyclic) bond motifs is 1. The van der Waals surface area contributed by atoms with Crippen LogP contribution in [0.25, 0.3) is 10.9 Å². The average Bonchev–Trinajstić information content (AvgIpc) is 2.36. The molecule has 2 aromatic rings. The monoisotopic (exact) mass is 233 g/mol. The molecule has 1 heterocycles. The third kappa shape index (κ3) is 2.44. The van der Waals surface area contributed by atoms with Crippen molar-refractivity contribution < 1.29 is 15.3 Å². The van der Waals surface area contributed by atoms with Crippen molar-refractivity contribution in [3.8, 4) is 0 Å². The molecule has 0 amide bonds. The van der Waals surface area contributed by atoms with Gasteiger partial charge in [0.25, 0.3) is 0 Å². The van der Waals surface area contributed by atoms with Crippen molar-refractivity contribution in [2.75, 3.05) is 6.61 Å². The number of aliphatic hydroxyl groups excluding tert-OH is 3. The number of aromatic nitrogens is 1. The van der Waals surface area contributed by atoms with Crippen LogP contribution in [0.4, 0.5) is 0 Å². The summed E-state index contributed by atoms with van der Waals surface area (Å²) in [5.74, 6) is 0. The molecular formula is C13H15NO3. The van der Waals surface area contributed by atoms with Crippen LogP contribution in [0.2, 0.25) is 0 Å². The van der Waals surface area contributed by atoms with Gasteiger partial charge in [0.15, 0.2) is 0 Å². The summed E-state index contributed by atoms with van der Waals surface area (Å²) < 4.78 is 0. The number of pyridine rings is 1. The van der Waals surface area contributed by atoms with Gasteiger partial charge < -0.3 is 15.3 Å². The van der Waals surface area contributed by atoms with Crippen LogP contribution in [0.1, 0.15) is 17.4 Å². The highest BCUT2D eigenvalue weighted by Gasteiger charge is 2.17. The van der Waals surface area contributed by atoms with Crippen LogP contribution in [-0.4, -0.2) is 33.0 Å². The van der Waals surface area contributed by atoms with E-state index in [1.165, 1.54) is 0 Å². The molecule has 0 bridgehead atoms. The number of benzene rings is 1. The fourth-order valence-electron chi connectivity index (χ4n) is 1.75. The zero-order valence-corrected chi connectivity index (χ0v) is 9.54. The summed E-state index contributed by atoms with van der Waals surface area (Å²) in [6, 6.07) is 9.08. The quantitative estimate of drug-likeness (QED) is 0.737. The lowest BCUT2D eigenvalue weighted by Crippen LogP contribution is -2.21. The second-order valence-electron chi connectivity index (χ2n) is 4.10.